The first-order valence-corrected chi connectivity index (χ1v) is 8.97. The van der Waals surface area contributed by atoms with Crippen LogP contribution in [0.4, 0.5) is 11.4 Å². The van der Waals surface area contributed by atoms with Gasteiger partial charge in [-0.05, 0) is 42.5 Å². The molecule has 1 aliphatic heterocycles. The lowest BCUT2D eigenvalue weighted by Crippen LogP contribution is -2.32. The summed E-state index contributed by atoms with van der Waals surface area (Å²) in [5.41, 5.74) is 1.25. The van der Waals surface area contributed by atoms with Crippen LogP contribution in [0.15, 0.2) is 47.4 Å². The minimum Gasteiger partial charge on any atom is -0.479 e. The van der Waals surface area contributed by atoms with Crippen molar-refractivity contribution in [3.8, 4) is 11.8 Å². The van der Waals surface area contributed by atoms with Crippen molar-refractivity contribution in [3.05, 3.63) is 47.5 Å². The van der Waals surface area contributed by atoms with E-state index in [0.717, 1.165) is 4.90 Å². The summed E-state index contributed by atoms with van der Waals surface area (Å²) in [6.45, 7) is -0.0353. The molecule has 0 bridgehead atoms. The number of carbonyl (C=O) groups is 2. The molecule has 0 spiro atoms. The molecule has 3 rings (SSSR count). The van der Waals surface area contributed by atoms with E-state index in [9.17, 15) is 9.59 Å². The van der Waals surface area contributed by atoms with E-state index in [0.29, 0.717) is 22.1 Å². The average Bonchev–Trinajstić information content (AvgIpc) is 2.62. The molecule has 6 nitrogen and oxygen atoms in total. The molecule has 132 valence electrons. The fourth-order valence-electron chi connectivity index (χ4n) is 2.39. The Morgan fingerprint density at radius 3 is 2.81 bits per heavy atom. The van der Waals surface area contributed by atoms with Gasteiger partial charge >= 0.3 is 0 Å². The Labute approximate surface area is 159 Å². The quantitative estimate of drug-likeness (QED) is 0.816. The van der Waals surface area contributed by atoms with Crippen molar-refractivity contribution >= 4 is 46.6 Å². The van der Waals surface area contributed by atoms with E-state index in [1.54, 1.807) is 36.4 Å². The van der Waals surface area contributed by atoms with Gasteiger partial charge in [0.05, 0.1) is 10.9 Å². The van der Waals surface area contributed by atoms with Crippen LogP contribution < -0.4 is 15.4 Å². The predicted octanol–water partition coefficient (Wildman–Crippen LogP) is 3.68. The largest absolute Gasteiger partial charge is 0.479 e. The molecule has 0 aliphatic carbocycles. The summed E-state index contributed by atoms with van der Waals surface area (Å²) < 4.78 is 5.15. The molecule has 2 aromatic rings. The lowest BCUT2D eigenvalue weighted by Gasteiger charge is -2.23. The SMILES string of the molecule is N#CCOc1ccc(NC(=O)CC2Sc3ccc(Cl)cc3NC2=O)cc1. The Kier molecular flexibility index (Phi) is 5.66. The summed E-state index contributed by atoms with van der Waals surface area (Å²) in [6.07, 6.45) is 0.0469. The summed E-state index contributed by atoms with van der Waals surface area (Å²) in [5.74, 6) is 0.0583. The monoisotopic (exact) mass is 387 g/mol. The van der Waals surface area contributed by atoms with Crippen LogP contribution in [-0.2, 0) is 9.59 Å². The van der Waals surface area contributed by atoms with E-state index in [2.05, 4.69) is 10.6 Å². The van der Waals surface area contributed by atoms with Crippen LogP contribution in [0.1, 0.15) is 6.42 Å². The average molecular weight is 388 g/mol. The molecule has 0 radical (unpaired) electrons. The molecule has 0 saturated heterocycles. The minimum atomic E-state index is -0.512. The molecule has 1 unspecified atom stereocenters. The van der Waals surface area contributed by atoms with Crippen LogP contribution in [0.3, 0.4) is 0 Å². The molecule has 0 fully saturated rings. The van der Waals surface area contributed by atoms with Crippen LogP contribution >= 0.6 is 23.4 Å². The molecular weight excluding hydrogens is 374 g/mol. The van der Waals surface area contributed by atoms with Gasteiger partial charge in [0, 0.05) is 22.0 Å². The number of halogens is 1. The highest BCUT2D eigenvalue weighted by Gasteiger charge is 2.29. The topological polar surface area (TPSA) is 91.2 Å². The van der Waals surface area contributed by atoms with E-state index in [4.69, 9.17) is 21.6 Å². The minimum absolute atomic E-state index is 0.0353. The zero-order chi connectivity index (χ0) is 18.5. The van der Waals surface area contributed by atoms with Gasteiger partial charge < -0.3 is 15.4 Å². The van der Waals surface area contributed by atoms with Crippen LogP contribution in [0.5, 0.6) is 5.75 Å². The summed E-state index contributed by atoms with van der Waals surface area (Å²) in [5, 5.41) is 14.0. The molecular formula is C18H14ClN3O3S. The smallest absolute Gasteiger partial charge is 0.238 e. The number of carbonyl (C=O) groups excluding carboxylic acids is 2. The Balaban J connectivity index is 1.59. The van der Waals surface area contributed by atoms with Crippen molar-refractivity contribution < 1.29 is 14.3 Å². The van der Waals surface area contributed by atoms with Gasteiger partial charge in [-0.3, -0.25) is 9.59 Å². The summed E-state index contributed by atoms with van der Waals surface area (Å²) in [4.78, 5) is 25.3. The highest BCUT2D eigenvalue weighted by atomic mass is 35.5. The first kappa shape index (κ1) is 18.1. The number of thioether (sulfide) groups is 1. The molecule has 1 aliphatic rings. The number of rotatable bonds is 5. The van der Waals surface area contributed by atoms with Gasteiger partial charge in [0.2, 0.25) is 11.8 Å². The third kappa shape index (κ3) is 4.48. The zero-order valence-electron chi connectivity index (χ0n) is 13.5. The fourth-order valence-corrected chi connectivity index (χ4v) is 3.65. The summed E-state index contributed by atoms with van der Waals surface area (Å²) in [6, 6.07) is 13.8. The maximum Gasteiger partial charge on any atom is 0.238 e. The summed E-state index contributed by atoms with van der Waals surface area (Å²) >= 11 is 7.27. The van der Waals surface area contributed by atoms with E-state index >= 15 is 0 Å². The Morgan fingerprint density at radius 2 is 2.08 bits per heavy atom. The number of amides is 2. The fraction of sp³-hybridized carbons (Fsp3) is 0.167. The third-order valence-electron chi connectivity index (χ3n) is 3.57. The molecule has 8 heteroatoms. The molecule has 2 amide bonds. The van der Waals surface area contributed by atoms with Crippen molar-refractivity contribution in [1.82, 2.24) is 0 Å². The number of hydrogen-bond acceptors (Lipinski definition) is 5. The number of nitrogens with one attached hydrogen (secondary N) is 2. The molecule has 2 N–H and O–H groups in total. The van der Waals surface area contributed by atoms with Crippen LogP contribution in [0, 0.1) is 11.3 Å². The Hall–Kier alpha value is -2.69. The van der Waals surface area contributed by atoms with Crippen molar-refractivity contribution in [2.75, 3.05) is 17.2 Å². The number of fused-ring (bicyclic) bond motifs is 1. The first-order chi connectivity index (χ1) is 12.5. The second-order valence-electron chi connectivity index (χ2n) is 5.46. The molecule has 2 aromatic carbocycles. The highest BCUT2D eigenvalue weighted by Crippen LogP contribution is 2.38. The van der Waals surface area contributed by atoms with Gasteiger partial charge in [0.25, 0.3) is 0 Å². The van der Waals surface area contributed by atoms with Crippen LogP contribution in [0.25, 0.3) is 0 Å². The number of nitriles is 1. The Bertz CT molecular complexity index is 880. The van der Waals surface area contributed by atoms with Crippen molar-refractivity contribution in [1.29, 1.82) is 5.26 Å². The number of anilines is 2. The van der Waals surface area contributed by atoms with E-state index in [1.807, 2.05) is 12.1 Å². The lowest BCUT2D eigenvalue weighted by atomic mass is 10.2. The van der Waals surface area contributed by atoms with E-state index in [-0.39, 0.29) is 24.8 Å². The second-order valence-corrected chi connectivity index (χ2v) is 7.14. The van der Waals surface area contributed by atoms with Crippen LogP contribution in [0.2, 0.25) is 5.02 Å². The number of hydrogen-bond donors (Lipinski definition) is 2. The zero-order valence-corrected chi connectivity index (χ0v) is 15.1. The summed E-state index contributed by atoms with van der Waals surface area (Å²) in [7, 11) is 0. The maximum absolute atomic E-state index is 12.2. The normalized spacial score (nSPS) is 15.4. The maximum atomic E-state index is 12.2. The number of benzene rings is 2. The van der Waals surface area contributed by atoms with Gasteiger partial charge in [0.1, 0.15) is 11.8 Å². The van der Waals surface area contributed by atoms with Crippen LogP contribution in [-0.4, -0.2) is 23.7 Å². The molecule has 26 heavy (non-hydrogen) atoms. The lowest BCUT2D eigenvalue weighted by molar-refractivity contribution is -0.120. The third-order valence-corrected chi connectivity index (χ3v) is 5.08. The van der Waals surface area contributed by atoms with Crippen molar-refractivity contribution in [2.45, 2.75) is 16.6 Å². The van der Waals surface area contributed by atoms with Crippen molar-refractivity contribution in [3.63, 3.8) is 0 Å². The van der Waals surface area contributed by atoms with E-state index in [1.165, 1.54) is 11.8 Å². The van der Waals surface area contributed by atoms with Gasteiger partial charge in [-0.25, -0.2) is 0 Å². The number of nitrogens with zero attached hydrogens (tertiary/aromatic N) is 1. The van der Waals surface area contributed by atoms with Crippen molar-refractivity contribution in [2.24, 2.45) is 0 Å². The number of ether oxygens (including phenoxy) is 1. The van der Waals surface area contributed by atoms with Gasteiger partial charge in [-0.1, -0.05) is 11.6 Å². The Morgan fingerprint density at radius 1 is 1.31 bits per heavy atom. The predicted molar refractivity (Wildman–Crippen MR) is 101 cm³/mol. The molecule has 0 saturated carbocycles. The van der Waals surface area contributed by atoms with E-state index < -0.39 is 5.25 Å². The van der Waals surface area contributed by atoms with Gasteiger partial charge in [-0.2, -0.15) is 5.26 Å². The highest BCUT2D eigenvalue weighted by molar-refractivity contribution is 8.01. The van der Waals surface area contributed by atoms with Gasteiger partial charge in [-0.15, -0.1) is 11.8 Å². The standard InChI is InChI=1S/C18H14ClN3O3S/c19-11-1-6-15-14(9-11)22-18(24)16(26-15)10-17(23)21-12-2-4-13(5-3-12)25-8-7-20/h1-6,9,16H,8,10H2,(H,21,23)(H,22,24). The van der Waals surface area contributed by atoms with Gasteiger partial charge in [0.15, 0.2) is 6.61 Å². The molecule has 1 heterocycles. The molecule has 1 atom stereocenters. The molecule has 0 aromatic heterocycles. The second kappa shape index (κ2) is 8.13. The first-order valence-electron chi connectivity index (χ1n) is 7.72.